The highest BCUT2D eigenvalue weighted by Gasteiger charge is 2.15. The molecule has 1 atom stereocenters. The summed E-state index contributed by atoms with van der Waals surface area (Å²) in [6.07, 6.45) is 2.35. The normalized spacial score (nSPS) is 12.1. The van der Waals surface area contributed by atoms with Gasteiger partial charge in [0.15, 0.2) is 0 Å². The van der Waals surface area contributed by atoms with Crippen LogP contribution in [0.15, 0.2) is 36.5 Å². The number of H-pyrrole nitrogens is 1. The maximum Gasteiger partial charge on any atom is 0.356 e. The Bertz CT molecular complexity index is 534. The zero-order valence-corrected chi connectivity index (χ0v) is 11.2. The van der Waals surface area contributed by atoms with Crippen molar-refractivity contribution in [3.63, 3.8) is 0 Å². The highest BCUT2D eigenvalue weighted by Crippen LogP contribution is 2.21. The van der Waals surface area contributed by atoms with Crippen LogP contribution in [0.2, 0.25) is 0 Å². The molecule has 1 unspecified atom stereocenters. The summed E-state index contributed by atoms with van der Waals surface area (Å²) >= 11 is 0. The molecule has 0 aliphatic rings. The van der Waals surface area contributed by atoms with E-state index in [0.29, 0.717) is 12.3 Å². The third-order valence-electron chi connectivity index (χ3n) is 2.96. The molecule has 0 fully saturated rings. The molecule has 0 saturated carbocycles. The molecule has 0 bridgehead atoms. The number of hydrogen-bond donors (Lipinski definition) is 1. The smallest absolute Gasteiger partial charge is 0.356 e. The van der Waals surface area contributed by atoms with Crippen molar-refractivity contribution in [2.45, 2.75) is 26.2 Å². The minimum atomic E-state index is -0.346. The van der Waals surface area contributed by atoms with Crippen LogP contribution in [0.1, 0.15) is 48.1 Å². The standard InChI is InChI=1S/C15H18N2O2/c1-3-9-19-15(18)13-10-16-14(17-13)11(2)12-7-5-4-6-8-12/h4-8,10-11H,3,9H2,1-2H3,(H,16,17). The van der Waals surface area contributed by atoms with Gasteiger partial charge in [0.2, 0.25) is 0 Å². The topological polar surface area (TPSA) is 55.0 Å². The third kappa shape index (κ3) is 3.22. The lowest BCUT2D eigenvalue weighted by Gasteiger charge is -2.08. The quantitative estimate of drug-likeness (QED) is 0.838. The number of esters is 1. The predicted octanol–water partition coefficient (Wildman–Crippen LogP) is 3.13. The number of rotatable bonds is 5. The molecule has 1 aromatic carbocycles. The molecule has 100 valence electrons. The maximum absolute atomic E-state index is 11.7. The fourth-order valence-electron chi connectivity index (χ4n) is 1.83. The van der Waals surface area contributed by atoms with Crippen molar-refractivity contribution in [1.82, 2.24) is 9.97 Å². The summed E-state index contributed by atoms with van der Waals surface area (Å²) in [4.78, 5) is 19.0. The molecule has 1 heterocycles. The van der Waals surface area contributed by atoms with Crippen LogP contribution >= 0.6 is 0 Å². The Kier molecular flexibility index (Phi) is 4.34. The molecule has 0 spiro atoms. The Morgan fingerprint density at radius 2 is 2.11 bits per heavy atom. The highest BCUT2D eigenvalue weighted by molar-refractivity contribution is 5.87. The largest absolute Gasteiger partial charge is 0.461 e. The molecule has 1 N–H and O–H groups in total. The van der Waals surface area contributed by atoms with Crippen molar-refractivity contribution in [3.05, 3.63) is 53.6 Å². The van der Waals surface area contributed by atoms with Gasteiger partial charge >= 0.3 is 5.97 Å². The first-order chi connectivity index (χ1) is 9.22. The Hall–Kier alpha value is -2.10. The summed E-state index contributed by atoms with van der Waals surface area (Å²) in [5.74, 6) is 0.546. The van der Waals surface area contributed by atoms with E-state index in [4.69, 9.17) is 4.74 Å². The summed E-state index contributed by atoms with van der Waals surface area (Å²) in [5, 5.41) is 0. The molecule has 0 amide bonds. The number of nitrogens with one attached hydrogen (secondary N) is 1. The van der Waals surface area contributed by atoms with E-state index in [1.165, 1.54) is 6.20 Å². The maximum atomic E-state index is 11.7. The van der Waals surface area contributed by atoms with Gasteiger partial charge in [-0.3, -0.25) is 0 Å². The van der Waals surface area contributed by atoms with Gasteiger partial charge in [0.1, 0.15) is 11.5 Å². The van der Waals surface area contributed by atoms with Crippen LogP contribution < -0.4 is 0 Å². The van der Waals surface area contributed by atoms with Crippen LogP contribution in [-0.4, -0.2) is 22.5 Å². The molecule has 4 heteroatoms. The lowest BCUT2D eigenvalue weighted by molar-refractivity contribution is 0.0498. The van der Waals surface area contributed by atoms with Crippen molar-refractivity contribution in [3.8, 4) is 0 Å². The number of ether oxygens (including phenoxy) is 1. The van der Waals surface area contributed by atoms with E-state index in [9.17, 15) is 4.79 Å². The van der Waals surface area contributed by atoms with Crippen LogP contribution in [0.3, 0.4) is 0 Å². The molecule has 19 heavy (non-hydrogen) atoms. The molecule has 1 aromatic heterocycles. The van der Waals surface area contributed by atoms with E-state index in [-0.39, 0.29) is 11.9 Å². The molecule has 4 nitrogen and oxygen atoms in total. The number of carbonyl (C=O) groups is 1. The van der Waals surface area contributed by atoms with Gasteiger partial charge in [0, 0.05) is 5.92 Å². The van der Waals surface area contributed by atoms with Gasteiger partial charge in [-0.2, -0.15) is 0 Å². The number of hydrogen-bond acceptors (Lipinski definition) is 3. The molecule has 2 aromatic rings. The number of benzene rings is 1. The van der Waals surface area contributed by atoms with Crippen LogP contribution in [0.4, 0.5) is 0 Å². The Morgan fingerprint density at radius 3 is 2.79 bits per heavy atom. The van der Waals surface area contributed by atoms with E-state index in [1.54, 1.807) is 0 Å². The second-order valence-corrected chi connectivity index (χ2v) is 4.45. The summed E-state index contributed by atoms with van der Waals surface area (Å²) in [5.41, 5.74) is 1.57. The first-order valence-corrected chi connectivity index (χ1v) is 6.49. The van der Waals surface area contributed by atoms with E-state index in [2.05, 4.69) is 16.9 Å². The lowest BCUT2D eigenvalue weighted by atomic mass is 10.0. The average Bonchev–Trinajstić information content (AvgIpc) is 2.94. The van der Waals surface area contributed by atoms with Crippen molar-refractivity contribution in [2.75, 3.05) is 6.61 Å². The van der Waals surface area contributed by atoms with E-state index >= 15 is 0 Å². The highest BCUT2D eigenvalue weighted by atomic mass is 16.5. The number of carbonyl (C=O) groups excluding carboxylic acids is 1. The van der Waals surface area contributed by atoms with Gasteiger partial charge in [-0.25, -0.2) is 9.78 Å². The predicted molar refractivity (Wildman–Crippen MR) is 73.1 cm³/mol. The van der Waals surface area contributed by atoms with Gasteiger partial charge in [0.05, 0.1) is 12.8 Å². The van der Waals surface area contributed by atoms with E-state index < -0.39 is 0 Å². The Labute approximate surface area is 112 Å². The second-order valence-electron chi connectivity index (χ2n) is 4.45. The summed E-state index contributed by atoms with van der Waals surface area (Å²) in [6.45, 7) is 4.44. The molecule has 0 aliphatic carbocycles. The summed E-state index contributed by atoms with van der Waals surface area (Å²) in [6, 6.07) is 10.0. The van der Waals surface area contributed by atoms with Gasteiger partial charge in [-0.1, -0.05) is 44.2 Å². The summed E-state index contributed by atoms with van der Waals surface area (Å²) < 4.78 is 5.07. The first-order valence-electron chi connectivity index (χ1n) is 6.49. The Balaban J connectivity index is 2.10. The molecular formula is C15H18N2O2. The Morgan fingerprint density at radius 1 is 1.37 bits per heavy atom. The minimum Gasteiger partial charge on any atom is -0.461 e. The van der Waals surface area contributed by atoms with Crippen molar-refractivity contribution >= 4 is 5.97 Å². The van der Waals surface area contributed by atoms with Crippen molar-refractivity contribution < 1.29 is 9.53 Å². The molecule has 0 aliphatic heterocycles. The molecule has 0 radical (unpaired) electrons. The van der Waals surface area contributed by atoms with Crippen LogP contribution in [0.25, 0.3) is 0 Å². The second kappa shape index (κ2) is 6.18. The monoisotopic (exact) mass is 258 g/mol. The fourth-order valence-corrected chi connectivity index (χ4v) is 1.83. The van der Waals surface area contributed by atoms with Gasteiger partial charge in [-0.05, 0) is 12.0 Å². The zero-order chi connectivity index (χ0) is 13.7. The lowest BCUT2D eigenvalue weighted by Crippen LogP contribution is -2.07. The number of aromatic nitrogens is 2. The van der Waals surface area contributed by atoms with Crippen molar-refractivity contribution in [2.24, 2.45) is 0 Å². The number of aromatic amines is 1. The molecule has 0 saturated heterocycles. The fraction of sp³-hybridized carbons (Fsp3) is 0.333. The summed E-state index contributed by atoms with van der Waals surface area (Å²) in [7, 11) is 0. The van der Waals surface area contributed by atoms with Crippen LogP contribution in [-0.2, 0) is 4.74 Å². The van der Waals surface area contributed by atoms with Crippen LogP contribution in [0, 0.1) is 0 Å². The van der Waals surface area contributed by atoms with Gasteiger partial charge in [-0.15, -0.1) is 0 Å². The SMILES string of the molecule is CCCOC(=O)c1cnc(C(C)c2ccccc2)[nH]1. The third-order valence-corrected chi connectivity index (χ3v) is 2.96. The van der Waals surface area contributed by atoms with Gasteiger partial charge in [0.25, 0.3) is 0 Å². The van der Waals surface area contributed by atoms with Gasteiger partial charge < -0.3 is 9.72 Å². The molecule has 2 rings (SSSR count). The number of imidazole rings is 1. The first kappa shape index (κ1) is 13.3. The minimum absolute atomic E-state index is 0.119. The van der Waals surface area contributed by atoms with Crippen LogP contribution in [0.5, 0.6) is 0 Å². The zero-order valence-electron chi connectivity index (χ0n) is 11.2. The van der Waals surface area contributed by atoms with Crippen molar-refractivity contribution in [1.29, 1.82) is 0 Å². The van der Waals surface area contributed by atoms with E-state index in [0.717, 1.165) is 17.8 Å². The van der Waals surface area contributed by atoms with E-state index in [1.807, 2.05) is 37.3 Å². The number of nitrogens with zero attached hydrogens (tertiary/aromatic N) is 1. The average molecular weight is 258 g/mol. The molecular weight excluding hydrogens is 240 g/mol.